The molecule has 184 valence electrons. The molecule has 5 aliphatic carbocycles. The predicted octanol–water partition coefficient (Wildman–Crippen LogP) is 10.3. The number of hydrogen-bond acceptors (Lipinski definition) is 0. The third kappa shape index (κ3) is 1.20. The van der Waals surface area contributed by atoms with E-state index in [1.54, 1.807) is 147 Å². The molecule has 0 aromatic heterocycles. The Bertz CT molecular complexity index is 3200. The van der Waals surface area contributed by atoms with Crippen LogP contribution < -0.4 is 0 Å². The first-order valence-electron chi connectivity index (χ1n) is 15.9. The van der Waals surface area contributed by atoms with Crippen molar-refractivity contribution < 1.29 is 0 Å². The van der Waals surface area contributed by atoms with Crippen LogP contribution in [-0.2, 0) is 31.1 Å². The highest BCUT2D eigenvalue weighted by atomic mass is 14.5. The fraction of sp³-hybridized carbons (Fsp3) is 0.220. The zero-order valence-electron chi connectivity index (χ0n) is 22.8. The maximum absolute atomic E-state index is 2.71. The summed E-state index contributed by atoms with van der Waals surface area (Å²) < 4.78 is 0. The highest BCUT2D eigenvalue weighted by Crippen LogP contribution is 2.71. The molecule has 0 N–H and O–H groups in total. The molecular weight excluding hydrogens is 492 g/mol. The van der Waals surface area contributed by atoms with E-state index in [2.05, 4.69) is 38.1 Å². The molecule has 0 radical (unpaired) electrons. The molecular formula is C41H20. The molecule has 0 aliphatic heterocycles. The second kappa shape index (κ2) is 4.36. The Kier molecular flexibility index (Phi) is 1.87. The van der Waals surface area contributed by atoms with Gasteiger partial charge >= 0.3 is 0 Å². The largest absolute Gasteiger partial charge is 0.0575 e. The molecule has 41 heavy (non-hydrogen) atoms. The lowest BCUT2D eigenvalue weighted by Crippen LogP contribution is -2.30. The average molecular weight is 513 g/mol. The molecule has 0 amide bonds. The SMILES string of the molecule is CC1c2cc3c4c5c(cc6c7c8c9c%10c(cc%11cc%12c%13c(c%14c2c4c2c%14c4c%13c%11c%10c4c8c2c57)C1(C)C%12)CC9C6)C3. The first-order valence-corrected chi connectivity index (χ1v) is 15.9. The highest BCUT2D eigenvalue weighted by Gasteiger charge is 2.50. The third-order valence-electron chi connectivity index (χ3n) is 14.6. The fourth-order valence-corrected chi connectivity index (χ4v) is 13.5. The first-order chi connectivity index (χ1) is 20.1. The predicted molar refractivity (Wildman–Crippen MR) is 172 cm³/mol. The monoisotopic (exact) mass is 512 g/mol. The molecule has 0 saturated carbocycles. The van der Waals surface area contributed by atoms with Crippen molar-refractivity contribution in [2.45, 2.75) is 56.8 Å². The Labute approximate surface area is 232 Å². The van der Waals surface area contributed by atoms with Crippen LogP contribution in [-0.4, -0.2) is 0 Å². The van der Waals surface area contributed by atoms with Gasteiger partial charge in [0.2, 0.25) is 0 Å². The van der Waals surface area contributed by atoms with Crippen LogP contribution in [0.3, 0.4) is 0 Å². The molecule has 11 aromatic rings. The minimum Gasteiger partial charge on any atom is -0.0575 e. The van der Waals surface area contributed by atoms with Gasteiger partial charge in [-0.1, -0.05) is 38.1 Å². The molecule has 0 nitrogen and oxygen atoms in total. The van der Waals surface area contributed by atoms with E-state index < -0.39 is 0 Å². The summed E-state index contributed by atoms with van der Waals surface area (Å²) in [6.45, 7) is 5.21. The van der Waals surface area contributed by atoms with Gasteiger partial charge in [-0.3, -0.25) is 0 Å². The summed E-state index contributed by atoms with van der Waals surface area (Å²) in [5.74, 6) is 1.18. The van der Waals surface area contributed by atoms with Crippen molar-refractivity contribution in [2.75, 3.05) is 0 Å². The molecule has 5 aliphatic rings. The van der Waals surface area contributed by atoms with Crippen molar-refractivity contribution >= 4 is 108 Å². The van der Waals surface area contributed by atoms with Gasteiger partial charge in [-0.25, -0.2) is 0 Å². The third-order valence-corrected chi connectivity index (χ3v) is 14.6. The van der Waals surface area contributed by atoms with Crippen LogP contribution in [0.15, 0.2) is 24.3 Å². The lowest BCUT2D eigenvalue weighted by molar-refractivity contribution is 0.409. The van der Waals surface area contributed by atoms with Gasteiger partial charge in [-0.2, -0.15) is 0 Å². The van der Waals surface area contributed by atoms with Crippen LogP contribution in [0.4, 0.5) is 0 Å². The Hall–Kier alpha value is -4.16. The quantitative estimate of drug-likeness (QED) is 0.177. The van der Waals surface area contributed by atoms with E-state index in [0.29, 0.717) is 11.8 Å². The zero-order chi connectivity index (χ0) is 25.5. The molecule has 0 saturated heterocycles. The minimum absolute atomic E-state index is 0.166. The molecule has 11 aromatic carbocycles. The summed E-state index contributed by atoms with van der Waals surface area (Å²) in [4.78, 5) is 0. The molecule has 3 unspecified atom stereocenters. The lowest BCUT2D eigenvalue weighted by atomic mass is 9.65. The smallest absolute Gasteiger partial charge is 0.00441 e. The van der Waals surface area contributed by atoms with Gasteiger partial charge in [0.1, 0.15) is 0 Å². The molecule has 0 heteroatoms. The van der Waals surface area contributed by atoms with Crippen molar-refractivity contribution in [3.05, 3.63) is 68.8 Å². The van der Waals surface area contributed by atoms with Crippen LogP contribution in [0, 0.1) is 0 Å². The summed E-state index contributed by atoms with van der Waals surface area (Å²) in [5, 5.41) is 33.2. The maximum Gasteiger partial charge on any atom is 0.00441 e. The molecule has 0 bridgehead atoms. The summed E-state index contributed by atoms with van der Waals surface area (Å²) in [6.07, 6.45) is 4.78. The fourth-order valence-electron chi connectivity index (χ4n) is 13.5. The molecule has 16 rings (SSSR count). The first kappa shape index (κ1) is 17.6. The van der Waals surface area contributed by atoms with Crippen molar-refractivity contribution in [3.8, 4) is 0 Å². The number of hydrogen-bond donors (Lipinski definition) is 0. The van der Waals surface area contributed by atoms with E-state index in [0.717, 1.165) is 6.42 Å². The van der Waals surface area contributed by atoms with Gasteiger partial charge in [0.05, 0.1) is 0 Å². The van der Waals surface area contributed by atoms with Gasteiger partial charge in [0, 0.05) is 5.41 Å². The minimum atomic E-state index is 0.166. The van der Waals surface area contributed by atoms with Crippen LogP contribution in [0.2, 0.25) is 0 Å². The van der Waals surface area contributed by atoms with Crippen molar-refractivity contribution in [2.24, 2.45) is 0 Å². The van der Waals surface area contributed by atoms with Crippen LogP contribution in [0.5, 0.6) is 0 Å². The molecule has 0 heterocycles. The number of rotatable bonds is 0. The van der Waals surface area contributed by atoms with E-state index in [4.69, 9.17) is 0 Å². The Balaban J connectivity index is 1.50. The molecule has 0 spiro atoms. The average Bonchev–Trinajstić information content (AvgIpc) is 3.77. The van der Waals surface area contributed by atoms with Crippen molar-refractivity contribution in [3.63, 3.8) is 0 Å². The van der Waals surface area contributed by atoms with Gasteiger partial charge < -0.3 is 0 Å². The van der Waals surface area contributed by atoms with Crippen LogP contribution in [0.25, 0.3) is 108 Å². The lowest BCUT2D eigenvalue weighted by Gasteiger charge is -2.38. The van der Waals surface area contributed by atoms with E-state index in [1.165, 1.54) is 24.6 Å². The maximum atomic E-state index is 2.71. The Morgan fingerprint density at radius 1 is 0.512 bits per heavy atom. The van der Waals surface area contributed by atoms with E-state index >= 15 is 0 Å². The summed E-state index contributed by atoms with van der Waals surface area (Å²) in [5.41, 5.74) is 13.5. The van der Waals surface area contributed by atoms with Gasteiger partial charge in [-0.05, 0) is 190 Å². The van der Waals surface area contributed by atoms with Gasteiger partial charge in [0.15, 0.2) is 0 Å². The summed E-state index contributed by atoms with van der Waals surface area (Å²) >= 11 is 0. The molecule has 0 fully saturated rings. The van der Waals surface area contributed by atoms with Crippen LogP contribution in [0.1, 0.15) is 70.2 Å². The van der Waals surface area contributed by atoms with Gasteiger partial charge in [0.25, 0.3) is 0 Å². The Morgan fingerprint density at radius 3 is 1.93 bits per heavy atom. The standard InChI is InChI=1S/C41H20/c1-11-19-9-17-7-14-5-15-4-12-3-13-6-16-8-18-10-41(11,2)40-26(18)31-25(16)30-21(13)20(12)28-24(15)29-22(14)23(17)32-27(19)39(40)38-36(31)34(30)33(28)35(29)37(32)38/h5-6,8-9,11-12H,3-4,7,10H2,1-2H3. The number of benzene rings is 8. The van der Waals surface area contributed by atoms with Crippen LogP contribution >= 0.6 is 0 Å². The van der Waals surface area contributed by atoms with E-state index in [1.807, 2.05) is 0 Å². The Morgan fingerprint density at radius 2 is 1.10 bits per heavy atom. The summed E-state index contributed by atoms with van der Waals surface area (Å²) in [6, 6.07) is 10.7. The van der Waals surface area contributed by atoms with Gasteiger partial charge in [-0.15, -0.1) is 0 Å². The second-order valence-corrected chi connectivity index (χ2v) is 15.6. The van der Waals surface area contributed by atoms with E-state index in [-0.39, 0.29) is 5.41 Å². The molecule has 3 atom stereocenters. The topological polar surface area (TPSA) is 0 Å². The van der Waals surface area contributed by atoms with Crippen molar-refractivity contribution in [1.82, 2.24) is 0 Å². The zero-order valence-corrected chi connectivity index (χ0v) is 22.8. The highest BCUT2D eigenvalue weighted by molar-refractivity contribution is 6.63. The normalized spacial score (nSPS) is 25.5. The van der Waals surface area contributed by atoms with E-state index in [9.17, 15) is 0 Å². The van der Waals surface area contributed by atoms with Crippen molar-refractivity contribution in [1.29, 1.82) is 0 Å². The summed E-state index contributed by atoms with van der Waals surface area (Å²) in [7, 11) is 0. The second-order valence-electron chi connectivity index (χ2n) is 15.6.